The van der Waals surface area contributed by atoms with Gasteiger partial charge in [0, 0.05) is 37.6 Å². The van der Waals surface area contributed by atoms with Crippen molar-refractivity contribution >= 4 is 17.6 Å². The Morgan fingerprint density at radius 2 is 1.58 bits per heavy atom. The Kier molecular flexibility index (Phi) is 6.67. The number of halogens is 1. The highest BCUT2D eigenvalue weighted by Crippen LogP contribution is 2.30. The lowest BCUT2D eigenvalue weighted by Crippen LogP contribution is -2.48. The fourth-order valence-electron chi connectivity index (χ4n) is 3.59. The second kappa shape index (κ2) is 9.17. The number of hydrogen-bond acceptors (Lipinski definition) is 3. The van der Waals surface area contributed by atoms with Gasteiger partial charge in [0.2, 0.25) is 0 Å². The zero-order valence-electron chi connectivity index (χ0n) is 14.9. The molecule has 0 saturated carbocycles. The Morgan fingerprint density at radius 3 is 2.19 bits per heavy atom. The third-order valence-corrected chi connectivity index (χ3v) is 5.19. The molecular weight excluding hydrogens is 348 g/mol. The second-order valence-electron chi connectivity index (χ2n) is 6.74. The molecule has 1 N–H and O–H groups in total. The fourth-order valence-corrected chi connectivity index (χ4v) is 3.72. The molecule has 1 aliphatic heterocycles. The fraction of sp³-hybridized carbons (Fsp3) is 0.381. The lowest BCUT2D eigenvalue weighted by atomic mass is 9.96. The van der Waals surface area contributed by atoms with Crippen molar-refractivity contribution in [2.45, 2.75) is 18.9 Å². The first-order valence-corrected chi connectivity index (χ1v) is 9.50. The minimum Gasteiger partial charge on any atom is -0.481 e. The number of hydrogen-bond donors (Lipinski definition) is 1. The molecule has 1 saturated heterocycles. The molecular formula is C21H25ClN2O2. The van der Waals surface area contributed by atoms with Crippen LogP contribution in [0.2, 0.25) is 5.02 Å². The Bertz CT molecular complexity index is 698. The number of carboxylic acids is 1. The number of carboxylic acid groups (broad SMARTS) is 1. The molecule has 26 heavy (non-hydrogen) atoms. The van der Waals surface area contributed by atoms with Crippen LogP contribution in [0.25, 0.3) is 0 Å². The highest BCUT2D eigenvalue weighted by atomic mass is 35.5. The molecule has 1 fully saturated rings. The summed E-state index contributed by atoms with van der Waals surface area (Å²) in [4.78, 5) is 15.6. The summed E-state index contributed by atoms with van der Waals surface area (Å²) in [6.07, 6.45) is 0.965. The summed E-state index contributed by atoms with van der Waals surface area (Å²) in [6.45, 7) is 4.73. The first kappa shape index (κ1) is 18.9. The third-order valence-electron chi connectivity index (χ3n) is 4.94. The van der Waals surface area contributed by atoms with Crippen LogP contribution in [-0.2, 0) is 4.79 Å². The quantitative estimate of drug-likeness (QED) is 0.800. The van der Waals surface area contributed by atoms with Crippen molar-refractivity contribution in [3.05, 3.63) is 70.7 Å². The highest BCUT2D eigenvalue weighted by molar-refractivity contribution is 6.30. The molecule has 0 unspecified atom stereocenters. The van der Waals surface area contributed by atoms with Crippen LogP contribution >= 0.6 is 11.6 Å². The number of piperazine rings is 1. The van der Waals surface area contributed by atoms with Crippen molar-refractivity contribution in [3.8, 4) is 0 Å². The van der Waals surface area contributed by atoms with Gasteiger partial charge in [-0.25, -0.2) is 0 Å². The van der Waals surface area contributed by atoms with Gasteiger partial charge >= 0.3 is 5.97 Å². The molecule has 1 aliphatic rings. The van der Waals surface area contributed by atoms with Gasteiger partial charge in [0.25, 0.3) is 0 Å². The van der Waals surface area contributed by atoms with E-state index in [-0.39, 0.29) is 12.5 Å². The van der Waals surface area contributed by atoms with Crippen LogP contribution in [0.4, 0.5) is 0 Å². The Balaban J connectivity index is 1.69. The molecule has 0 bridgehead atoms. The van der Waals surface area contributed by atoms with E-state index in [2.05, 4.69) is 46.2 Å². The number of aliphatic carboxylic acids is 1. The normalized spacial score (nSPS) is 17.1. The van der Waals surface area contributed by atoms with Gasteiger partial charge in [-0.1, -0.05) is 54.1 Å². The first-order valence-electron chi connectivity index (χ1n) is 9.12. The van der Waals surface area contributed by atoms with E-state index in [4.69, 9.17) is 16.7 Å². The van der Waals surface area contributed by atoms with Gasteiger partial charge in [-0.05, 0) is 36.2 Å². The van der Waals surface area contributed by atoms with Gasteiger partial charge in [0.1, 0.15) is 0 Å². The van der Waals surface area contributed by atoms with Crippen LogP contribution in [0.5, 0.6) is 0 Å². The van der Waals surface area contributed by atoms with E-state index in [1.165, 1.54) is 11.1 Å². The monoisotopic (exact) mass is 372 g/mol. The van der Waals surface area contributed by atoms with Crippen molar-refractivity contribution < 1.29 is 9.90 Å². The smallest absolute Gasteiger partial charge is 0.303 e. The van der Waals surface area contributed by atoms with Crippen LogP contribution < -0.4 is 0 Å². The van der Waals surface area contributed by atoms with E-state index in [0.717, 1.165) is 37.7 Å². The largest absolute Gasteiger partial charge is 0.481 e. The van der Waals surface area contributed by atoms with Gasteiger partial charge < -0.3 is 10.0 Å². The molecule has 0 aromatic heterocycles. The SMILES string of the molecule is O=C(O)CCCN1CCN([C@@H](c2ccccc2)c2ccc(Cl)cc2)CC1. The summed E-state index contributed by atoms with van der Waals surface area (Å²) in [5.41, 5.74) is 2.54. The zero-order chi connectivity index (χ0) is 18.4. The zero-order valence-corrected chi connectivity index (χ0v) is 15.6. The summed E-state index contributed by atoms with van der Waals surface area (Å²) in [5.74, 6) is -0.712. The van der Waals surface area contributed by atoms with E-state index in [1.807, 2.05) is 18.2 Å². The topological polar surface area (TPSA) is 43.8 Å². The van der Waals surface area contributed by atoms with Gasteiger partial charge in [0.15, 0.2) is 0 Å². The van der Waals surface area contributed by atoms with Crippen molar-refractivity contribution in [2.75, 3.05) is 32.7 Å². The second-order valence-corrected chi connectivity index (χ2v) is 7.18. The molecule has 1 heterocycles. The van der Waals surface area contributed by atoms with Crippen LogP contribution in [0, 0.1) is 0 Å². The van der Waals surface area contributed by atoms with Gasteiger partial charge in [-0.2, -0.15) is 0 Å². The molecule has 2 aromatic carbocycles. The average Bonchev–Trinajstić information content (AvgIpc) is 2.65. The van der Waals surface area contributed by atoms with E-state index in [0.29, 0.717) is 6.42 Å². The van der Waals surface area contributed by atoms with E-state index in [1.54, 1.807) is 0 Å². The first-order chi connectivity index (χ1) is 12.6. The molecule has 3 rings (SSSR count). The van der Waals surface area contributed by atoms with Crippen molar-refractivity contribution in [3.63, 3.8) is 0 Å². The molecule has 0 aliphatic carbocycles. The number of nitrogens with zero attached hydrogens (tertiary/aromatic N) is 2. The average molecular weight is 373 g/mol. The Labute approximate surface area is 160 Å². The predicted molar refractivity (Wildman–Crippen MR) is 105 cm³/mol. The molecule has 0 spiro atoms. The maximum Gasteiger partial charge on any atom is 0.303 e. The maximum atomic E-state index is 10.7. The maximum absolute atomic E-state index is 10.7. The third kappa shape index (κ3) is 5.07. The van der Waals surface area contributed by atoms with Crippen LogP contribution in [0.15, 0.2) is 54.6 Å². The van der Waals surface area contributed by atoms with Crippen LogP contribution in [-0.4, -0.2) is 53.6 Å². The van der Waals surface area contributed by atoms with Crippen molar-refractivity contribution in [1.82, 2.24) is 9.80 Å². The summed E-state index contributed by atoms with van der Waals surface area (Å²) in [6, 6.07) is 18.9. The molecule has 2 aromatic rings. The predicted octanol–water partition coefficient (Wildman–Crippen LogP) is 3.91. The van der Waals surface area contributed by atoms with Gasteiger partial charge in [-0.15, -0.1) is 0 Å². The minimum atomic E-state index is -0.712. The minimum absolute atomic E-state index is 0.217. The summed E-state index contributed by atoms with van der Waals surface area (Å²) in [7, 11) is 0. The Morgan fingerprint density at radius 1 is 0.962 bits per heavy atom. The summed E-state index contributed by atoms with van der Waals surface area (Å²) < 4.78 is 0. The summed E-state index contributed by atoms with van der Waals surface area (Å²) in [5, 5.41) is 9.55. The highest BCUT2D eigenvalue weighted by Gasteiger charge is 2.26. The van der Waals surface area contributed by atoms with Gasteiger partial charge in [0.05, 0.1) is 6.04 Å². The summed E-state index contributed by atoms with van der Waals surface area (Å²) >= 11 is 6.08. The molecule has 1 atom stereocenters. The van der Waals surface area contributed by atoms with E-state index < -0.39 is 5.97 Å². The lowest BCUT2D eigenvalue weighted by Gasteiger charge is -2.39. The van der Waals surface area contributed by atoms with Crippen molar-refractivity contribution in [1.29, 1.82) is 0 Å². The number of rotatable bonds is 7. The van der Waals surface area contributed by atoms with E-state index >= 15 is 0 Å². The lowest BCUT2D eigenvalue weighted by molar-refractivity contribution is -0.137. The molecule has 0 radical (unpaired) electrons. The van der Waals surface area contributed by atoms with Gasteiger partial charge in [-0.3, -0.25) is 9.69 Å². The van der Waals surface area contributed by atoms with E-state index in [9.17, 15) is 4.79 Å². The molecule has 4 nitrogen and oxygen atoms in total. The Hall–Kier alpha value is -1.88. The number of benzene rings is 2. The molecule has 0 amide bonds. The molecule has 5 heteroatoms. The standard InChI is InChI=1S/C21H25ClN2O2/c22-19-10-8-18(9-11-19)21(17-5-2-1-3-6-17)24-15-13-23(14-16-24)12-4-7-20(25)26/h1-3,5-6,8-11,21H,4,7,12-16H2,(H,25,26)/t21-/m0/s1. The van der Waals surface area contributed by atoms with Crippen LogP contribution in [0.3, 0.4) is 0 Å². The molecule has 138 valence electrons. The van der Waals surface area contributed by atoms with Crippen LogP contribution in [0.1, 0.15) is 30.0 Å². The van der Waals surface area contributed by atoms with Crippen molar-refractivity contribution in [2.24, 2.45) is 0 Å². The number of carbonyl (C=O) groups is 1.